The zero-order chi connectivity index (χ0) is 70.8. The van der Waals surface area contributed by atoms with Crippen LogP contribution in [0, 0.1) is 29.5 Å². The van der Waals surface area contributed by atoms with Crippen molar-refractivity contribution in [2.75, 3.05) is 83.4 Å². The average molecular weight is 1350 g/mol. The van der Waals surface area contributed by atoms with Crippen molar-refractivity contribution in [2.24, 2.45) is 23.7 Å². The molecular formula is C66H109FN8O20. The highest BCUT2D eigenvalue weighted by molar-refractivity contribution is 5.90. The van der Waals surface area contributed by atoms with Crippen molar-refractivity contribution in [3.63, 3.8) is 0 Å². The second-order valence-electron chi connectivity index (χ2n) is 28.4. The number of benzene rings is 1. The van der Waals surface area contributed by atoms with Crippen LogP contribution in [-0.4, -0.2) is 243 Å². The zero-order valence-electron chi connectivity index (χ0n) is 58.9. The number of nitrogens with zero attached hydrogens (tertiary/aromatic N) is 4. The predicted molar refractivity (Wildman–Crippen MR) is 345 cm³/mol. The van der Waals surface area contributed by atoms with E-state index in [4.69, 9.17) is 47.4 Å². The lowest BCUT2D eigenvalue weighted by atomic mass is 9.72. The van der Waals surface area contributed by atoms with Gasteiger partial charge in [-0.15, -0.1) is 0 Å². The second kappa shape index (κ2) is 33.1. The number of esters is 2. The van der Waals surface area contributed by atoms with E-state index in [9.17, 15) is 48.9 Å². The van der Waals surface area contributed by atoms with Crippen LogP contribution in [-0.2, 0) is 61.8 Å². The molecule has 0 bridgehead atoms. The molecule has 0 spiro atoms. The first-order chi connectivity index (χ1) is 44.3. The summed E-state index contributed by atoms with van der Waals surface area (Å²) in [5.74, 6) is -6.11. The van der Waals surface area contributed by atoms with Crippen LogP contribution >= 0.6 is 0 Å². The molecule has 0 aromatic heterocycles. The molecule has 20 atom stereocenters. The molecule has 29 heteroatoms. The van der Waals surface area contributed by atoms with Gasteiger partial charge in [-0.1, -0.05) is 27.7 Å². The van der Waals surface area contributed by atoms with Crippen LogP contribution in [0.2, 0.25) is 0 Å². The molecule has 8 unspecified atom stereocenters. The Balaban J connectivity index is 1.13. The average Bonchev–Trinajstić information content (AvgIpc) is 1.23. The Hall–Kier alpha value is -5.92. The smallest absolute Gasteiger partial charge is 0.414 e. The summed E-state index contributed by atoms with van der Waals surface area (Å²) >= 11 is 0. The van der Waals surface area contributed by atoms with Crippen molar-refractivity contribution in [1.29, 1.82) is 0 Å². The number of ether oxygens (including phenoxy) is 10. The number of methoxy groups -OCH3 is 1. The number of halogens is 1. The predicted octanol–water partition coefficient (Wildman–Crippen LogP) is 5.33. The van der Waals surface area contributed by atoms with Crippen LogP contribution in [0.15, 0.2) is 18.2 Å². The maximum Gasteiger partial charge on any atom is 0.414 e. The fourth-order valence-corrected chi connectivity index (χ4v) is 13.9. The van der Waals surface area contributed by atoms with E-state index in [0.29, 0.717) is 63.4 Å². The largest absolute Gasteiger partial charge is 0.459 e. The number of hydrogen-bond acceptors (Lipinski definition) is 22. The van der Waals surface area contributed by atoms with Gasteiger partial charge in [0.15, 0.2) is 24.8 Å². The Morgan fingerprint density at radius 2 is 1.47 bits per heavy atom. The molecule has 28 nitrogen and oxygen atoms in total. The highest BCUT2D eigenvalue weighted by atomic mass is 19.1. The molecule has 540 valence electrons. The lowest BCUT2D eigenvalue weighted by molar-refractivity contribution is -0.318. The Morgan fingerprint density at radius 3 is 2.06 bits per heavy atom. The molecule has 1 aromatic rings. The van der Waals surface area contributed by atoms with E-state index >= 15 is 4.39 Å². The lowest BCUT2D eigenvalue weighted by Crippen LogP contribution is -2.63. The van der Waals surface area contributed by atoms with Crippen LogP contribution < -0.4 is 31.1 Å². The minimum Gasteiger partial charge on any atom is -0.459 e. The van der Waals surface area contributed by atoms with Crippen molar-refractivity contribution in [2.45, 2.75) is 244 Å². The molecule has 5 fully saturated rings. The van der Waals surface area contributed by atoms with Crippen LogP contribution in [0.5, 0.6) is 0 Å². The molecule has 1 aromatic carbocycles. The van der Waals surface area contributed by atoms with Crippen molar-refractivity contribution < 1.29 is 101 Å². The van der Waals surface area contributed by atoms with Crippen molar-refractivity contribution in [3.05, 3.63) is 24.0 Å². The number of urea groups is 1. The number of aliphatic hydroxyl groups is 3. The first-order valence-electron chi connectivity index (χ1n) is 33.4. The SMILES string of the molecule is CC[C@H]1OC(=O)[C@H](C)[C@@H](OC2CC(C)(OC)C(OC(=O)NCCCCNC(=O)N3CCN(c4ccc(N5C[C@H](CNC(C)=O)OC5=O)cc4F)CC3)C(C)O2)[C@H](C)[C@@H](OC2OC(C)CC(N(C)C)C2OC(C)=O)[C@](C)(O)C[C@@H](C)[C@H](NC(=O)OC(C)(C)C)[C@H](C)[C@@H](O)[C@]1(C)O. The van der Waals surface area contributed by atoms with E-state index in [-0.39, 0.29) is 50.8 Å². The number of amides is 6. The summed E-state index contributed by atoms with van der Waals surface area (Å²) in [5, 5.41) is 48.9. The second-order valence-corrected chi connectivity index (χ2v) is 28.4. The number of nitrogens with one attached hydrogen (secondary N) is 4. The van der Waals surface area contributed by atoms with Gasteiger partial charge in [-0.25, -0.2) is 23.6 Å². The molecule has 6 rings (SSSR count). The summed E-state index contributed by atoms with van der Waals surface area (Å²) in [6.45, 7) is 26.5. The normalized spacial score (nSPS) is 35.3. The van der Waals surface area contributed by atoms with Crippen LogP contribution in [0.4, 0.5) is 34.9 Å². The maximum atomic E-state index is 15.5. The molecule has 5 saturated heterocycles. The fraction of sp³-hybridized carbons (Fsp3) is 0.803. The van der Waals surface area contributed by atoms with Gasteiger partial charge in [-0.2, -0.15) is 0 Å². The van der Waals surface area contributed by atoms with E-state index in [1.54, 1.807) is 93.2 Å². The molecule has 0 radical (unpaired) electrons. The molecule has 5 aliphatic rings. The third-order valence-corrected chi connectivity index (χ3v) is 19.0. The molecule has 95 heavy (non-hydrogen) atoms. The van der Waals surface area contributed by atoms with E-state index in [2.05, 4.69) is 21.3 Å². The van der Waals surface area contributed by atoms with Gasteiger partial charge in [-0.3, -0.25) is 19.3 Å². The van der Waals surface area contributed by atoms with Crippen molar-refractivity contribution in [1.82, 2.24) is 31.1 Å². The van der Waals surface area contributed by atoms with Gasteiger partial charge in [0.05, 0.1) is 72.5 Å². The zero-order valence-corrected chi connectivity index (χ0v) is 58.9. The topological polar surface area (TPSA) is 334 Å². The third kappa shape index (κ3) is 20.4. The van der Waals surface area contributed by atoms with E-state index in [0.717, 1.165) is 0 Å². The summed E-state index contributed by atoms with van der Waals surface area (Å²) in [7, 11) is 5.14. The van der Waals surface area contributed by atoms with Gasteiger partial charge in [0, 0.05) is 84.5 Å². The monoisotopic (exact) mass is 1350 g/mol. The number of unbranched alkanes of at least 4 members (excludes halogenated alkanes) is 1. The van der Waals surface area contributed by atoms with Gasteiger partial charge >= 0.3 is 36.2 Å². The van der Waals surface area contributed by atoms with E-state index in [1.807, 2.05) is 30.8 Å². The third-order valence-electron chi connectivity index (χ3n) is 19.0. The summed E-state index contributed by atoms with van der Waals surface area (Å²) < 4.78 is 77.8. The molecule has 5 heterocycles. The standard InChI is InChI=1S/C66H109FN8O20/c1-19-49-66(15,85)54(78)38(4)51(71-61(82)95-63(10,11)12)36(2)32-64(13,84)55(93-58-53(89-43(9)77)48(72(16)17)30-37(3)87-58)39(5)52(40(6)57(79)91-49)92-50-33-65(14,86-18)56(41(7)88-50)94-60(81)69-25-21-20-24-68-59(80)74-28-26-73(27-29-74)47-23-22-44(31-46(47)67)75-35-45(90-62(75)83)34-70-42(8)76/h22-23,31,36-41,45,48-56,58,78,84-85H,19-21,24-30,32-35H2,1-18H3,(H,68,80)(H,69,81)(H,70,76)(H,71,82)/t36-,37?,38+,39+,40-,41?,45+,48?,49-,50?,51+,52+,53?,54-,55-,56?,58?,64-,65?,66-/m1/s1. The number of cyclic esters (lactones) is 2. The van der Waals surface area contributed by atoms with Crippen LogP contribution in [0.3, 0.4) is 0 Å². The van der Waals surface area contributed by atoms with Gasteiger partial charge in [-0.05, 0) is 133 Å². The number of carbonyl (C=O) groups is 7. The number of rotatable bonds is 19. The Morgan fingerprint density at radius 1 is 0.821 bits per heavy atom. The van der Waals surface area contributed by atoms with Gasteiger partial charge < -0.3 is 98.7 Å². The summed E-state index contributed by atoms with van der Waals surface area (Å²) in [6.07, 6.45) is -12.8. The molecule has 6 amide bonds. The fourth-order valence-electron chi connectivity index (χ4n) is 13.9. The minimum atomic E-state index is -2.09. The van der Waals surface area contributed by atoms with Crippen molar-refractivity contribution >= 4 is 53.5 Å². The molecule has 7 N–H and O–H groups in total. The Kier molecular flexibility index (Phi) is 27.2. The van der Waals surface area contributed by atoms with Crippen molar-refractivity contribution in [3.8, 4) is 0 Å². The number of alkyl carbamates (subject to hydrolysis) is 2. The highest BCUT2D eigenvalue weighted by Gasteiger charge is 2.55. The summed E-state index contributed by atoms with van der Waals surface area (Å²) in [6, 6.07) is 2.82. The number of hydrogen-bond donors (Lipinski definition) is 7. The highest BCUT2D eigenvalue weighted by Crippen LogP contribution is 2.43. The minimum absolute atomic E-state index is 0.0561. The molecule has 0 aliphatic carbocycles. The number of anilines is 2. The summed E-state index contributed by atoms with van der Waals surface area (Å²) in [4.78, 5) is 98.6. The Labute approximate surface area is 558 Å². The van der Waals surface area contributed by atoms with E-state index < -0.39 is 162 Å². The first-order valence-corrected chi connectivity index (χ1v) is 33.4. The molecule has 0 saturated carbocycles. The summed E-state index contributed by atoms with van der Waals surface area (Å²) in [5.41, 5.74) is -5.56. The van der Waals surface area contributed by atoms with Gasteiger partial charge in [0.25, 0.3) is 0 Å². The number of piperazine rings is 1. The quantitative estimate of drug-likeness (QED) is 0.0523. The maximum absolute atomic E-state index is 15.5. The van der Waals surface area contributed by atoms with Crippen LogP contribution in [0.25, 0.3) is 0 Å². The number of aliphatic hydroxyl groups excluding tert-OH is 1. The number of carbonyl (C=O) groups excluding carboxylic acids is 7. The number of likely N-dealkylation sites (N-methyl/N-ethyl adjacent to an activating group) is 1. The molecular weight excluding hydrogens is 1240 g/mol. The van der Waals surface area contributed by atoms with E-state index in [1.165, 1.54) is 38.8 Å². The van der Waals surface area contributed by atoms with Crippen LogP contribution in [0.1, 0.15) is 142 Å². The molecule has 5 aliphatic heterocycles. The first kappa shape index (κ1) is 78.1. The van der Waals surface area contributed by atoms with Gasteiger partial charge in [0.1, 0.15) is 34.8 Å². The Bertz CT molecular complexity index is 2770. The van der Waals surface area contributed by atoms with Gasteiger partial charge in [0.2, 0.25) is 5.91 Å². The lowest BCUT2D eigenvalue weighted by Gasteiger charge is -2.50.